The van der Waals surface area contributed by atoms with Gasteiger partial charge in [0.1, 0.15) is 0 Å². The Morgan fingerprint density at radius 3 is 2.47 bits per heavy atom. The summed E-state index contributed by atoms with van der Waals surface area (Å²) in [5.74, 6) is -1.50. The molecule has 6 nitrogen and oxygen atoms in total. The average Bonchev–Trinajstić information content (AvgIpc) is 2.29. The molecule has 0 aromatic rings. The van der Waals surface area contributed by atoms with Gasteiger partial charge in [-0.2, -0.15) is 0 Å². The fraction of sp³-hybridized carbons (Fsp3) is 0.818. The van der Waals surface area contributed by atoms with Crippen LogP contribution in [0, 0.1) is 0 Å². The maximum absolute atomic E-state index is 12.0. The van der Waals surface area contributed by atoms with Crippen molar-refractivity contribution < 1.29 is 19.4 Å². The number of hydrogen-bond donors (Lipinski definition) is 3. The van der Waals surface area contributed by atoms with Crippen LogP contribution in [-0.4, -0.2) is 42.3 Å². The minimum atomic E-state index is -1.11. The largest absolute Gasteiger partial charge is 0.480 e. The van der Waals surface area contributed by atoms with Crippen molar-refractivity contribution in [2.75, 3.05) is 13.7 Å². The topological polar surface area (TPSA) is 102 Å². The van der Waals surface area contributed by atoms with E-state index in [1.807, 2.05) is 0 Å². The molecule has 1 unspecified atom stereocenters. The molecule has 0 bridgehead atoms. The first kappa shape index (κ1) is 13.9. The number of amides is 1. The van der Waals surface area contributed by atoms with E-state index in [4.69, 9.17) is 15.6 Å². The van der Waals surface area contributed by atoms with Crippen LogP contribution in [0.4, 0.5) is 0 Å². The third kappa shape index (κ3) is 3.67. The van der Waals surface area contributed by atoms with Gasteiger partial charge in [0.05, 0.1) is 12.1 Å². The Labute approximate surface area is 101 Å². The van der Waals surface area contributed by atoms with Crippen LogP contribution in [0.2, 0.25) is 0 Å². The molecular formula is C11H20N2O4. The van der Waals surface area contributed by atoms with Gasteiger partial charge >= 0.3 is 5.97 Å². The number of aliphatic carboxylic acids is 1. The summed E-state index contributed by atoms with van der Waals surface area (Å²) in [6, 6.07) is -1.03. The van der Waals surface area contributed by atoms with Gasteiger partial charge in [0.15, 0.2) is 6.04 Å². The Morgan fingerprint density at radius 2 is 2.00 bits per heavy atom. The van der Waals surface area contributed by atoms with E-state index in [2.05, 4.69) is 5.32 Å². The summed E-state index contributed by atoms with van der Waals surface area (Å²) in [7, 11) is 1.39. The average molecular weight is 244 g/mol. The van der Waals surface area contributed by atoms with E-state index >= 15 is 0 Å². The number of carbonyl (C=O) groups excluding carboxylic acids is 1. The molecule has 0 aliphatic heterocycles. The zero-order chi connectivity index (χ0) is 12.9. The molecule has 1 aliphatic carbocycles. The number of hydrogen-bond acceptors (Lipinski definition) is 4. The molecule has 1 amide bonds. The van der Waals surface area contributed by atoms with Gasteiger partial charge < -0.3 is 20.9 Å². The van der Waals surface area contributed by atoms with E-state index in [1.165, 1.54) is 7.11 Å². The molecule has 98 valence electrons. The Balaban J connectivity index is 2.59. The van der Waals surface area contributed by atoms with Crippen LogP contribution in [0.3, 0.4) is 0 Å². The molecule has 1 aliphatic rings. The van der Waals surface area contributed by atoms with Crippen molar-refractivity contribution in [1.29, 1.82) is 0 Å². The maximum atomic E-state index is 12.0. The summed E-state index contributed by atoms with van der Waals surface area (Å²) in [6.45, 7) is -0.0584. The molecule has 4 N–H and O–H groups in total. The number of methoxy groups -OCH3 is 1. The SMILES string of the molecule is COCC(NC(=O)C1(N)CCCCC1)C(=O)O. The van der Waals surface area contributed by atoms with Gasteiger partial charge in [-0.25, -0.2) is 4.79 Å². The molecule has 0 heterocycles. The zero-order valence-corrected chi connectivity index (χ0v) is 10.1. The summed E-state index contributed by atoms with van der Waals surface area (Å²) in [5, 5.41) is 11.3. The van der Waals surface area contributed by atoms with Crippen LogP contribution in [0.5, 0.6) is 0 Å². The summed E-state index contributed by atoms with van der Waals surface area (Å²) < 4.78 is 4.75. The normalized spacial score (nSPS) is 20.6. The van der Waals surface area contributed by atoms with Gasteiger partial charge in [0.2, 0.25) is 5.91 Å². The fourth-order valence-corrected chi connectivity index (χ4v) is 2.05. The molecule has 1 atom stereocenters. The highest BCUT2D eigenvalue weighted by atomic mass is 16.5. The lowest BCUT2D eigenvalue weighted by Gasteiger charge is -2.32. The smallest absolute Gasteiger partial charge is 0.328 e. The molecule has 6 heteroatoms. The van der Waals surface area contributed by atoms with E-state index in [9.17, 15) is 9.59 Å². The highest BCUT2D eigenvalue weighted by molar-refractivity contribution is 5.90. The Hall–Kier alpha value is -1.14. The van der Waals surface area contributed by atoms with Crippen molar-refractivity contribution in [3.8, 4) is 0 Å². The van der Waals surface area contributed by atoms with Crippen LogP contribution < -0.4 is 11.1 Å². The first-order valence-electron chi connectivity index (χ1n) is 5.81. The summed E-state index contributed by atoms with van der Waals surface area (Å²) in [5.41, 5.74) is 5.08. The van der Waals surface area contributed by atoms with Crippen LogP contribution in [-0.2, 0) is 14.3 Å². The first-order chi connectivity index (χ1) is 7.99. The van der Waals surface area contributed by atoms with E-state index in [1.54, 1.807) is 0 Å². The van der Waals surface area contributed by atoms with Crippen molar-refractivity contribution in [1.82, 2.24) is 5.32 Å². The van der Waals surface area contributed by atoms with Gasteiger partial charge in [-0.05, 0) is 12.8 Å². The van der Waals surface area contributed by atoms with Crippen LogP contribution in [0.15, 0.2) is 0 Å². The van der Waals surface area contributed by atoms with Gasteiger partial charge in [0, 0.05) is 7.11 Å². The lowest BCUT2D eigenvalue weighted by molar-refractivity contribution is -0.144. The predicted molar refractivity (Wildman–Crippen MR) is 61.4 cm³/mol. The number of ether oxygens (including phenoxy) is 1. The number of nitrogens with one attached hydrogen (secondary N) is 1. The van der Waals surface area contributed by atoms with Crippen LogP contribution in [0.25, 0.3) is 0 Å². The molecule has 0 aromatic heterocycles. The Morgan fingerprint density at radius 1 is 1.41 bits per heavy atom. The van der Waals surface area contributed by atoms with Crippen molar-refractivity contribution >= 4 is 11.9 Å². The highest BCUT2D eigenvalue weighted by Gasteiger charge is 2.37. The standard InChI is InChI=1S/C11H20N2O4/c1-17-7-8(9(14)15)13-10(16)11(12)5-3-2-4-6-11/h8H,2-7,12H2,1H3,(H,13,16)(H,14,15). The minimum absolute atomic E-state index is 0.0584. The molecule has 1 rings (SSSR count). The molecule has 0 radical (unpaired) electrons. The summed E-state index contributed by atoms with van der Waals surface area (Å²) in [4.78, 5) is 22.8. The third-order valence-corrected chi connectivity index (χ3v) is 3.13. The van der Waals surface area contributed by atoms with Crippen molar-refractivity contribution in [3.05, 3.63) is 0 Å². The second-order valence-electron chi connectivity index (χ2n) is 4.54. The van der Waals surface area contributed by atoms with Gasteiger partial charge in [-0.1, -0.05) is 19.3 Å². The van der Waals surface area contributed by atoms with Gasteiger partial charge in [-0.3, -0.25) is 4.79 Å². The number of carboxylic acids is 1. The number of nitrogens with two attached hydrogens (primary N) is 1. The monoisotopic (exact) mass is 244 g/mol. The third-order valence-electron chi connectivity index (χ3n) is 3.13. The Bertz CT molecular complexity index is 287. The molecule has 0 saturated heterocycles. The van der Waals surface area contributed by atoms with E-state index < -0.39 is 17.6 Å². The zero-order valence-electron chi connectivity index (χ0n) is 10.1. The second-order valence-corrected chi connectivity index (χ2v) is 4.54. The number of rotatable bonds is 5. The lowest BCUT2D eigenvalue weighted by atomic mass is 9.82. The van der Waals surface area contributed by atoms with Crippen LogP contribution in [0.1, 0.15) is 32.1 Å². The number of carboxylic acid groups (broad SMARTS) is 1. The fourth-order valence-electron chi connectivity index (χ4n) is 2.05. The van der Waals surface area contributed by atoms with Crippen molar-refractivity contribution in [2.45, 2.75) is 43.7 Å². The van der Waals surface area contributed by atoms with Crippen molar-refractivity contribution in [3.63, 3.8) is 0 Å². The quantitative estimate of drug-likeness (QED) is 0.625. The predicted octanol–water partition coefficient (Wildman–Crippen LogP) is -0.136. The van der Waals surface area contributed by atoms with Gasteiger partial charge in [0.25, 0.3) is 0 Å². The van der Waals surface area contributed by atoms with E-state index in [-0.39, 0.29) is 12.5 Å². The lowest BCUT2D eigenvalue weighted by Crippen LogP contribution is -2.59. The molecular weight excluding hydrogens is 224 g/mol. The molecule has 0 aromatic carbocycles. The molecule has 1 saturated carbocycles. The summed E-state index contributed by atoms with van der Waals surface area (Å²) in [6.07, 6.45) is 4.11. The molecule has 1 fully saturated rings. The van der Waals surface area contributed by atoms with E-state index in [0.29, 0.717) is 12.8 Å². The minimum Gasteiger partial charge on any atom is -0.480 e. The van der Waals surface area contributed by atoms with Crippen LogP contribution >= 0.6 is 0 Å². The first-order valence-corrected chi connectivity index (χ1v) is 5.81. The summed E-state index contributed by atoms with van der Waals surface area (Å²) >= 11 is 0. The van der Waals surface area contributed by atoms with Gasteiger partial charge in [-0.15, -0.1) is 0 Å². The highest BCUT2D eigenvalue weighted by Crippen LogP contribution is 2.26. The Kier molecular flexibility index (Phi) is 4.89. The molecule has 17 heavy (non-hydrogen) atoms. The van der Waals surface area contributed by atoms with E-state index in [0.717, 1.165) is 19.3 Å². The second kappa shape index (κ2) is 5.97. The van der Waals surface area contributed by atoms with Crippen molar-refractivity contribution in [2.24, 2.45) is 5.73 Å². The molecule has 0 spiro atoms. The maximum Gasteiger partial charge on any atom is 0.328 e. The number of carbonyl (C=O) groups is 2.